The first-order valence-corrected chi connectivity index (χ1v) is 6.26. The monoisotopic (exact) mass is 263 g/mol. The molecule has 0 aliphatic carbocycles. The van der Waals surface area contributed by atoms with Gasteiger partial charge < -0.3 is 15.2 Å². The van der Waals surface area contributed by atoms with Gasteiger partial charge in [-0.05, 0) is 37.5 Å². The van der Waals surface area contributed by atoms with Crippen LogP contribution in [0.15, 0.2) is 24.3 Å². The summed E-state index contributed by atoms with van der Waals surface area (Å²) in [6, 6.07) is 6.44. The van der Waals surface area contributed by atoms with Gasteiger partial charge in [0.1, 0.15) is 5.60 Å². The Kier molecular flexibility index (Phi) is 3.85. The molecule has 5 nitrogen and oxygen atoms in total. The Morgan fingerprint density at radius 3 is 2.58 bits per heavy atom. The summed E-state index contributed by atoms with van der Waals surface area (Å²) in [6.07, 6.45) is 1.63. The molecule has 1 heterocycles. The Morgan fingerprint density at radius 1 is 1.37 bits per heavy atom. The summed E-state index contributed by atoms with van der Waals surface area (Å²) in [4.78, 5) is 22.7. The van der Waals surface area contributed by atoms with Gasteiger partial charge in [0.05, 0.1) is 5.56 Å². The number of carboxylic acid groups (broad SMARTS) is 1. The second-order valence-corrected chi connectivity index (χ2v) is 4.87. The number of carbonyl (C=O) groups excluding carboxylic acids is 1. The van der Waals surface area contributed by atoms with Crippen LogP contribution in [0.3, 0.4) is 0 Å². The average Bonchev–Trinajstić information content (AvgIpc) is 2.84. The van der Waals surface area contributed by atoms with Crippen molar-refractivity contribution in [3.05, 3.63) is 35.4 Å². The number of hydrogen-bond donors (Lipinski definition) is 2. The molecule has 5 heteroatoms. The van der Waals surface area contributed by atoms with E-state index in [0.29, 0.717) is 13.2 Å². The minimum Gasteiger partial charge on any atom is -0.478 e. The molecule has 1 amide bonds. The second-order valence-electron chi connectivity index (χ2n) is 4.87. The number of aromatic carboxylic acids is 1. The molecule has 0 unspecified atom stereocenters. The quantitative estimate of drug-likeness (QED) is 0.864. The molecule has 0 radical (unpaired) electrons. The van der Waals surface area contributed by atoms with Gasteiger partial charge in [-0.1, -0.05) is 12.1 Å². The van der Waals surface area contributed by atoms with E-state index in [9.17, 15) is 9.59 Å². The molecule has 1 atom stereocenters. The van der Waals surface area contributed by atoms with Crippen LogP contribution >= 0.6 is 0 Å². The van der Waals surface area contributed by atoms with E-state index in [1.807, 2.05) is 0 Å². The topological polar surface area (TPSA) is 75.6 Å². The number of benzene rings is 1. The fourth-order valence-electron chi connectivity index (χ4n) is 2.09. The van der Waals surface area contributed by atoms with Gasteiger partial charge in [0.25, 0.3) is 5.91 Å². The Labute approximate surface area is 111 Å². The fraction of sp³-hybridized carbons (Fsp3) is 0.429. The van der Waals surface area contributed by atoms with E-state index >= 15 is 0 Å². The summed E-state index contributed by atoms with van der Waals surface area (Å²) >= 11 is 0. The number of ether oxygens (including phenoxy) is 1. The molecule has 19 heavy (non-hydrogen) atoms. The number of carboxylic acids is 1. The van der Waals surface area contributed by atoms with Crippen LogP contribution in [0.1, 0.15) is 35.7 Å². The summed E-state index contributed by atoms with van der Waals surface area (Å²) in [5.74, 6) is -1.07. The third-order valence-electron chi connectivity index (χ3n) is 3.35. The second kappa shape index (κ2) is 5.40. The van der Waals surface area contributed by atoms with Crippen molar-refractivity contribution >= 4 is 11.9 Å². The first-order chi connectivity index (χ1) is 9.01. The third-order valence-corrected chi connectivity index (χ3v) is 3.35. The molecule has 1 aliphatic heterocycles. The highest BCUT2D eigenvalue weighted by Crippen LogP contribution is 2.25. The highest BCUT2D eigenvalue weighted by molar-refractivity contribution is 5.87. The predicted molar refractivity (Wildman–Crippen MR) is 68.8 cm³/mol. The van der Waals surface area contributed by atoms with E-state index in [-0.39, 0.29) is 11.5 Å². The lowest BCUT2D eigenvalue weighted by Crippen LogP contribution is -2.43. The Hall–Kier alpha value is -1.88. The fourth-order valence-corrected chi connectivity index (χ4v) is 2.09. The van der Waals surface area contributed by atoms with E-state index in [0.717, 1.165) is 18.4 Å². The predicted octanol–water partition coefficient (Wildman–Crippen LogP) is 1.57. The zero-order valence-electron chi connectivity index (χ0n) is 10.8. The van der Waals surface area contributed by atoms with Gasteiger partial charge in [0.15, 0.2) is 0 Å². The molecule has 0 aromatic heterocycles. The van der Waals surface area contributed by atoms with Crippen LogP contribution in [0.2, 0.25) is 0 Å². The molecular formula is C14H17NO4. The van der Waals surface area contributed by atoms with Crippen molar-refractivity contribution < 1.29 is 19.4 Å². The molecule has 0 saturated carbocycles. The number of hydrogen-bond acceptors (Lipinski definition) is 3. The van der Waals surface area contributed by atoms with Crippen molar-refractivity contribution in [2.24, 2.45) is 0 Å². The number of rotatable bonds is 4. The van der Waals surface area contributed by atoms with Crippen molar-refractivity contribution in [1.82, 2.24) is 5.32 Å². The summed E-state index contributed by atoms with van der Waals surface area (Å²) in [6.45, 7) is 2.79. The zero-order valence-corrected chi connectivity index (χ0v) is 10.8. The summed E-state index contributed by atoms with van der Waals surface area (Å²) in [5, 5.41) is 11.6. The van der Waals surface area contributed by atoms with Crippen LogP contribution in [0.5, 0.6) is 0 Å². The average molecular weight is 263 g/mol. The van der Waals surface area contributed by atoms with Crippen molar-refractivity contribution in [2.75, 3.05) is 6.61 Å². The highest BCUT2D eigenvalue weighted by atomic mass is 16.5. The molecule has 1 aliphatic rings. The first kappa shape index (κ1) is 13.5. The van der Waals surface area contributed by atoms with Crippen LogP contribution in [0.4, 0.5) is 0 Å². The molecule has 1 fully saturated rings. The molecule has 2 rings (SSSR count). The largest absolute Gasteiger partial charge is 0.478 e. The molecule has 1 aromatic carbocycles. The lowest BCUT2D eigenvalue weighted by atomic mass is 10.0. The van der Waals surface area contributed by atoms with Gasteiger partial charge in [-0.25, -0.2) is 4.79 Å². The molecule has 0 bridgehead atoms. The summed E-state index contributed by atoms with van der Waals surface area (Å²) in [7, 11) is 0. The molecule has 102 valence electrons. The Morgan fingerprint density at radius 2 is 2.05 bits per heavy atom. The lowest BCUT2D eigenvalue weighted by molar-refractivity contribution is -0.139. The normalized spacial score (nSPS) is 22.2. The molecule has 2 N–H and O–H groups in total. The molecule has 1 aromatic rings. The standard InChI is InChI=1S/C14H17NO4/c1-14(7-2-8-19-14)13(18)15-9-10-3-5-11(6-4-10)12(16)17/h3-6H,2,7-9H2,1H3,(H,15,18)(H,16,17)/t14-/m0/s1. The van der Waals surface area contributed by atoms with Crippen LogP contribution in [0, 0.1) is 0 Å². The maximum absolute atomic E-state index is 12.0. The zero-order chi connectivity index (χ0) is 13.9. The van der Waals surface area contributed by atoms with Gasteiger partial charge in [0, 0.05) is 13.2 Å². The highest BCUT2D eigenvalue weighted by Gasteiger charge is 2.37. The minimum atomic E-state index is -0.956. The van der Waals surface area contributed by atoms with E-state index in [2.05, 4.69) is 5.32 Å². The van der Waals surface area contributed by atoms with Crippen molar-refractivity contribution in [3.8, 4) is 0 Å². The van der Waals surface area contributed by atoms with E-state index in [1.54, 1.807) is 19.1 Å². The smallest absolute Gasteiger partial charge is 0.335 e. The van der Waals surface area contributed by atoms with Crippen LogP contribution in [0.25, 0.3) is 0 Å². The maximum atomic E-state index is 12.0. The molecular weight excluding hydrogens is 246 g/mol. The van der Waals surface area contributed by atoms with Crippen LogP contribution < -0.4 is 5.32 Å². The van der Waals surface area contributed by atoms with E-state index in [1.165, 1.54) is 12.1 Å². The van der Waals surface area contributed by atoms with Crippen LogP contribution in [-0.2, 0) is 16.1 Å². The van der Waals surface area contributed by atoms with Gasteiger partial charge in [-0.2, -0.15) is 0 Å². The Balaban J connectivity index is 1.91. The van der Waals surface area contributed by atoms with E-state index < -0.39 is 11.6 Å². The lowest BCUT2D eigenvalue weighted by Gasteiger charge is -2.21. The maximum Gasteiger partial charge on any atom is 0.335 e. The van der Waals surface area contributed by atoms with Crippen molar-refractivity contribution in [1.29, 1.82) is 0 Å². The van der Waals surface area contributed by atoms with Gasteiger partial charge in [-0.3, -0.25) is 4.79 Å². The van der Waals surface area contributed by atoms with Crippen molar-refractivity contribution in [3.63, 3.8) is 0 Å². The van der Waals surface area contributed by atoms with Crippen LogP contribution in [-0.4, -0.2) is 29.2 Å². The van der Waals surface area contributed by atoms with E-state index in [4.69, 9.17) is 9.84 Å². The first-order valence-electron chi connectivity index (χ1n) is 6.26. The molecule has 0 spiro atoms. The summed E-state index contributed by atoms with van der Waals surface area (Å²) in [5.41, 5.74) is 0.377. The number of amides is 1. The van der Waals surface area contributed by atoms with Gasteiger partial charge in [0.2, 0.25) is 0 Å². The van der Waals surface area contributed by atoms with Gasteiger partial charge in [-0.15, -0.1) is 0 Å². The SMILES string of the molecule is C[C@@]1(C(=O)NCc2ccc(C(=O)O)cc2)CCCO1. The number of nitrogens with one attached hydrogen (secondary N) is 1. The van der Waals surface area contributed by atoms with Crippen molar-refractivity contribution in [2.45, 2.75) is 31.9 Å². The minimum absolute atomic E-state index is 0.118. The Bertz CT molecular complexity index is 475. The molecule has 1 saturated heterocycles. The summed E-state index contributed by atoms with van der Waals surface area (Å²) < 4.78 is 5.45. The number of carbonyl (C=O) groups is 2. The third kappa shape index (κ3) is 3.12. The van der Waals surface area contributed by atoms with Gasteiger partial charge >= 0.3 is 5.97 Å².